The minimum absolute atomic E-state index is 0.149. The van der Waals surface area contributed by atoms with Crippen molar-refractivity contribution in [1.82, 2.24) is 9.97 Å². The van der Waals surface area contributed by atoms with Gasteiger partial charge in [-0.2, -0.15) is 4.98 Å². The lowest BCUT2D eigenvalue weighted by Crippen LogP contribution is -2.22. The van der Waals surface area contributed by atoms with Crippen molar-refractivity contribution in [1.29, 1.82) is 0 Å². The van der Waals surface area contributed by atoms with Gasteiger partial charge in [-0.15, -0.1) is 0 Å². The van der Waals surface area contributed by atoms with Gasteiger partial charge in [-0.05, 0) is 19.8 Å². The third kappa shape index (κ3) is 4.25. The van der Waals surface area contributed by atoms with Crippen LogP contribution in [0.2, 0.25) is 0 Å². The maximum atomic E-state index is 6.13. The molecule has 5 nitrogen and oxygen atoms in total. The number of hydrogen-bond acceptors (Lipinski definition) is 5. The zero-order valence-electron chi connectivity index (χ0n) is 13.6. The van der Waals surface area contributed by atoms with E-state index in [0.717, 1.165) is 18.7 Å². The first-order valence-corrected chi connectivity index (χ1v) is 7.36. The lowest BCUT2D eigenvalue weighted by atomic mass is 9.95. The molecular weight excluding hydrogens is 252 g/mol. The summed E-state index contributed by atoms with van der Waals surface area (Å²) in [5, 5.41) is 3.33. The molecule has 0 fully saturated rings. The Balaban J connectivity index is 3.19. The minimum Gasteiger partial charge on any atom is -0.476 e. The summed E-state index contributed by atoms with van der Waals surface area (Å²) in [7, 11) is 0. The quantitative estimate of drug-likeness (QED) is 0.836. The molecule has 0 aliphatic carbocycles. The van der Waals surface area contributed by atoms with Crippen LogP contribution in [0.4, 0.5) is 11.5 Å². The first-order valence-electron chi connectivity index (χ1n) is 7.36. The molecule has 0 saturated carbocycles. The van der Waals surface area contributed by atoms with Crippen LogP contribution in [-0.4, -0.2) is 22.6 Å². The van der Waals surface area contributed by atoms with Crippen molar-refractivity contribution in [2.75, 3.05) is 17.7 Å². The summed E-state index contributed by atoms with van der Waals surface area (Å²) in [4.78, 5) is 9.05. The van der Waals surface area contributed by atoms with E-state index in [2.05, 4.69) is 56.8 Å². The predicted octanol–water partition coefficient (Wildman–Crippen LogP) is 3.36. The molecule has 114 valence electrons. The molecule has 0 aliphatic heterocycles. The van der Waals surface area contributed by atoms with E-state index >= 15 is 0 Å². The first-order chi connectivity index (χ1) is 9.29. The molecule has 1 heterocycles. The SMILES string of the molecule is CCCOc1nc(C(C)(C)C)nc(NC(C)CC)c1N. The van der Waals surface area contributed by atoms with E-state index in [1.54, 1.807) is 0 Å². The van der Waals surface area contributed by atoms with E-state index in [-0.39, 0.29) is 5.41 Å². The Bertz CT molecular complexity index is 440. The van der Waals surface area contributed by atoms with Crippen molar-refractivity contribution in [3.05, 3.63) is 5.82 Å². The van der Waals surface area contributed by atoms with E-state index in [4.69, 9.17) is 10.5 Å². The van der Waals surface area contributed by atoms with E-state index in [1.807, 2.05) is 0 Å². The Hall–Kier alpha value is -1.52. The van der Waals surface area contributed by atoms with Gasteiger partial charge in [0.25, 0.3) is 0 Å². The number of anilines is 2. The second kappa shape index (κ2) is 6.77. The highest BCUT2D eigenvalue weighted by molar-refractivity contribution is 5.67. The summed E-state index contributed by atoms with van der Waals surface area (Å²) in [6.45, 7) is 13.1. The summed E-state index contributed by atoms with van der Waals surface area (Å²) >= 11 is 0. The van der Waals surface area contributed by atoms with Crippen LogP contribution < -0.4 is 15.8 Å². The lowest BCUT2D eigenvalue weighted by Gasteiger charge is -2.22. The molecule has 1 atom stereocenters. The maximum Gasteiger partial charge on any atom is 0.242 e. The zero-order valence-corrected chi connectivity index (χ0v) is 13.6. The molecule has 0 radical (unpaired) electrons. The Morgan fingerprint density at radius 2 is 1.90 bits per heavy atom. The summed E-state index contributed by atoms with van der Waals surface area (Å²) in [5.41, 5.74) is 6.47. The van der Waals surface area contributed by atoms with Gasteiger partial charge in [0.2, 0.25) is 5.88 Å². The topological polar surface area (TPSA) is 73.1 Å². The number of hydrogen-bond donors (Lipinski definition) is 2. The number of nitrogen functional groups attached to an aromatic ring is 1. The zero-order chi connectivity index (χ0) is 15.3. The first kappa shape index (κ1) is 16.5. The van der Waals surface area contributed by atoms with Crippen molar-refractivity contribution in [3.8, 4) is 5.88 Å². The molecule has 0 amide bonds. The Morgan fingerprint density at radius 1 is 1.25 bits per heavy atom. The van der Waals surface area contributed by atoms with Crippen LogP contribution in [0.3, 0.4) is 0 Å². The molecule has 20 heavy (non-hydrogen) atoms. The molecule has 5 heteroatoms. The summed E-state index contributed by atoms with van der Waals surface area (Å²) in [6.07, 6.45) is 1.92. The van der Waals surface area contributed by atoms with Crippen molar-refractivity contribution < 1.29 is 4.74 Å². The third-order valence-corrected chi connectivity index (χ3v) is 3.02. The molecular formula is C15H28N4O. The van der Waals surface area contributed by atoms with Gasteiger partial charge in [0.1, 0.15) is 11.5 Å². The van der Waals surface area contributed by atoms with Gasteiger partial charge < -0.3 is 15.8 Å². The fourth-order valence-corrected chi connectivity index (χ4v) is 1.54. The van der Waals surface area contributed by atoms with Gasteiger partial charge in [0, 0.05) is 11.5 Å². The fraction of sp³-hybridized carbons (Fsp3) is 0.733. The highest BCUT2D eigenvalue weighted by Gasteiger charge is 2.22. The van der Waals surface area contributed by atoms with Crippen LogP contribution in [0, 0.1) is 0 Å². The van der Waals surface area contributed by atoms with Crippen LogP contribution in [-0.2, 0) is 5.41 Å². The molecule has 0 spiro atoms. The summed E-state index contributed by atoms with van der Waals surface area (Å²) < 4.78 is 5.66. The molecule has 0 saturated heterocycles. The van der Waals surface area contributed by atoms with Crippen molar-refractivity contribution >= 4 is 11.5 Å². The lowest BCUT2D eigenvalue weighted by molar-refractivity contribution is 0.303. The molecule has 1 rings (SSSR count). The average molecular weight is 280 g/mol. The molecule has 0 aromatic carbocycles. The van der Waals surface area contributed by atoms with Gasteiger partial charge in [-0.25, -0.2) is 4.98 Å². The van der Waals surface area contributed by atoms with Crippen LogP contribution >= 0.6 is 0 Å². The van der Waals surface area contributed by atoms with Crippen LogP contribution in [0.15, 0.2) is 0 Å². The standard InChI is InChI=1S/C15H28N4O/c1-7-9-20-13-11(16)12(17-10(3)8-2)18-14(19-13)15(4,5)6/h10H,7-9,16H2,1-6H3,(H,17,18,19). The van der Waals surface area contributed by atoms with Gasteiger partial charge in [0.15, 0.2) is 5.82 Å². The smallest absolute Gasteiger partial charge is 0.242 e. The Morgan fingerprint density at radius 3 is 2.40 bits per heavy atom. The van der Waals surface area contributed by atoms with Gasteiger partial charge >= 0.3 is 0 Å². The van der Waals surface area contributed by atoms with Gasteiger partial charge in [-0.1, -0.05) is 34.6 Å². The van der Waals surface area contributed by atoms with E-state index in [0.29, 0.717) is 30.0 Å². The second-order valence-electron chi connectivity index (χ2n) is 6.17. The minimum atomic E-state index is -0.149. The largest absolute Gasteiger partial charge is 0.476 e. The number of rotatable bonds is 6. The van der Waals surface area contributed by atoms with Crippen molar-refractivity contribution in [2.24, 2.45) is 0 Å². The molecule has 1 aromatic heterocycles. The highest BCUT2D eigenvalue weighted by Crippen LogP contribution is 2.31. The molecule has 1 unspecified atom stereocenters. The van der Waals surface area contributed by atoms with Crippen LogP contribution in [0.25, 0.3) is 0 Å². The second-order valence-corrected chi connectivity index (χ2v) is 6.17. The molecule has 3 N–H and O–H groups in total. The van der Waals surface area contributed by atoms with E-state index < -0.39 is 0 Å². The van der Waals surface area contributed by atoms with Gasteiger partial charge in [-0.3, -0.25) is 0 Å². The summed E-state index contributed by atoms with van der Waals surface area (Å²) in [5.74, 6) is 1.89. The number of nitrogens with one attached hydrogen (secondary N) is 1. The molecule has 1 aromatic rings. The third-order valence-electron chi connectivity index (χ3n) is 3.02. The van der Waals surface area contributed by atoms with Crippen LogP contribution in [0.5, 0.6) is 5.88 Å². The van der Waals surface area contributed by atoms with E-state index in [1.165, 1.54) is 0 Å². The number of aromatic nitrogens is 2. The van der Waals surface area contributed by atoms with Crippen molar-refractivity contribution in [3.63, 3.8) is 0 Å². The monoisotopic (exact) mass is 280 g/mol. The Labute approximate surface area is 122 Å². The number of nitrogens with zero attached hydrogens (tertiary/aromatic N) is 2. The van der Waals surface area contributed by atoms with Gasteiger partial charge in [0.05, 0.1) is 6.61 Å². The molecule has 0 bridgehead atoms. The number of nitrogens with two attached hydrogens (primary N) is 1. The summed E-state index contributed by atoms with van der Waals surface area (Å²) in [6, 6.07) is 0.305. The molecule has 0 aliphatic rings. The maximum absolute atomic E-state index is 6.13. The highest BCUT2D eigenvalue weighted by atomic mass is 16.5. The number of ether oxygens (including phenoxy) is 1. The average Bonchev–Trinajstić information content (AvgIpc) is 2.38. The fourth-order valence-electron chi connectivity index (χ4n) is 1.54. The van der Waals surface area contributed by atoms with E-state index in [9.17, 15) is 0 Å². The Kier molecular flexibility index (Phi) is 5.60. The normalized spacial score (nSPS) is 13.1. The van der Waals surface area contributed by atoms with Crippen LogP contribution in [0.1, 0.15) is 60.2 Å². The van der Waals surface area contributed by atoms with Crippen molar-refractivity contribution in [2.45, 2.75) is 65.8 Å². The predicted molar refractivity (Wildman–Crippen MR) is 84.3 cm³/mol.